The van der Waals surface area contributed by atoms with Crippen LogP contribution in [-0.4, -0.2) is 39.4 Å². The van der Waals surface area contributed by atoms with Gasteiger partial charge in [-0.1, -0.05) is 11.6 Å². The Labute approximate surface area is 171 Å². The fraction of sp³-hybridized carbons (Fsp3) is 0.476. The molecule has 1 saturated heterocycles. The molecule has 0 radical (unpaired) electrons. The maximum absolute atomic E-state index is 6.32. The van der Waals surface area contributed by atoms with Crippen molar-refractivity contribution in [1.82, 2.24) is 10.6 Å². The summed E-state index contributed by atoms with van der Waals surface area (Å²) in [5, 5.41) is 7.52. The molecule has 2 heterocycles. The van der Waals surface area contributed by atoms with Crippen LogP contribution in [0.3, 0.4) is 0 Å². The van der Waals surface area contributed by atoms with E-state index in [1.54, 1.807) is 13.4 Å². The number of guanidine groups is 1. The van der Waals surface area contributed by atoms with Crippen LogP contribution in [0.1, 0.15) is 31.1 Å². The summed E-state index contributed by atoms with van der Waals surface area (Å²) >= 11 is 6.32. The van der Waals surface area contributed by atoms with Gasteiger partial charge in [0, 0.05) is 42.3 Å². The zero-order valence-electron chi connectivity index (χ0n) is 16.5. The van der Waals surface area contributed by atoms with Crippen molar-refractivity contribution in [3.63, 3.8) is 0 Å². The Balaban J connectivity index is 1.81. The Morgan fingerprint density at radius 1 is 1.25 bits per heavy atom. The molecule has 2 N–H and O–H groups in total. The molecule has 1 aromatic heterocycles. The van der Waals surface area contributed by atoms with Crippen molar-refractivity contribution in [3.05, 3.63) is 52.9 Å². The third-order valence-corrected chi connectivity index (χ3v) is 5.33. The molecule has 28 heavy (non-hydrogen) atoms. The molecule has 1 aliphatic heterocycles. The molecule has 1 fully saturated rings. The molecule has 1 aliphatic rings. The Morgan fingerprint density at radius 3 is 2.75 bits per heavy atom. The van der Waals surface area contributed by atoms with Gasteiger partial charge in [0.05, 0.1) is 13.4 Å². The first-order chi connectivity index (χ1) is 13.7. The Hall–Kier alpha value is -2.18. The lowest BCUT2D eigenvalue weighted by molar-refractivity contribution is 0.0505. The van der Waals surface area contributed by atoms with Crippen molar-refractivity contribution < 1.29 is 13.9 Å². The van der Waals surface area contributed by atoms with E-state index in [-0.39, 0.29) is 5.41 Å². The molecular weight excluding hydrogens is 378 g/mol. The van der Waals surface area contributed by atoms with E-state index in [1.165, 1.54) is 0 Å². The molecule has 3 rings (SSSR count). The molecule has 152 valence electrons. The highest BCUT2D eigenvalue weighted by atomic mass is 35.5. The predicted molar refractivity (Wildman–Crippen MR) is 111 cm³/mol. The number of aliphatic imine (C=N–C) groups is 1. The lowest BCUT2D eigenvalue weighted by atomic mass is 9.73. The van der Waals surface area contributed by atoms with Crippen molar-refractivity contribution in [1.29, 1.82) is 0 Å². The van der Waals surface area contributed by atoms with E-state index < -0.39 is 0 Å². The van der Waals surface area contributed by atoms with Gasteiger partial charge in [0.2, 0.25) is 0 Å². The second-order valence-corrected chi connectivity index (χ2v) is 7.30. The normalized spacial score (nSPS) is 16.6. The first kappa shape index (κ1) is 20.6. The fourth-order valence-corrected chi connectivity index (χ4v) is 3.72. The maximum atomic E-state index is 6.32. The molecule has 0 spiro atoms. The van der Waals surface area contributed by atoms with E-state index in [4.69, 9.17) is 25.5 Å². The minimum Gasteiger partial charge on any atom is -0.496 e. The molecular formula is C21H28ClN3O3. The van der Waals surface area contributed by atoms with Gasteiger partial charge in [0.1, 0.15) is 18.1 Å². The van der Waals surface area contributed by atoms with Crippen molar-refractivity contribution in [3.8, 4) is 5.75 Å². The molecule has 7 heteroatoms. The summed E-state index contributed by atoms with van der Waals surface area (Å²) in [5.41, 5.74) is 0.968. The van der Waals surface area contributed by atoms with E-state index >= 15 is 0 Å². The largest absolute Gasteiger partial charge is 0.496 e. The Morgan fingerprint density at radius 2 is 2.07 bits per heavy atom. The maximum Gasteiger partial charge on any atom is 0.191 e. The van der Waals surface area contributed by atoms with E-state index in [0.717, 1.165) is 42.4 Å². The van der Waals surface area contributed by atoms with Crippen molar-refractivity contribution in [2.75, 3.05) is 33.4 Å². The van der Waals surface area contributed by atoms with Crippen LogP contribution in [0.15, 0.2) is 46.0 Å². The summed E-state index contributed by atoms with van der Waals surface area (Å²) in [5.74, 6) is 2.44. The highest BCUT2D eigenvalue weighted by molar-refractivity contribution is 6.30. The highest BCUT2D eigenvalue weighted by Gasteiger charge is 2.37. The van der Waals surface area contributed by atoms with Gasteiger partial charge in [0.15, 0.2) is 5.96 Å². The number of methoxy groups -OCH3 is 1. The lowest BCUT2D eigenvalue weighted by Crippen LogP contribution is -2.48. The second kappa shape index (κ2) is 9.85. The van der Waals surface area contributed by atoms with Crippen LogP contribution in [-0.2, 0) is 16.7 Å². The zero-order valence-corrected chi connectivity index (χ0v) is 17.2. The van der Waals surface area contributed by atoms with Gasteiger partial charge in [-0.25, -0.2) is 4.99 Å². The molecule has 1 aromatic carbocycles. The average Bonchev–Trinajstić information content (AvgIpc) is 3.24. The highest BCUT2D eigenvalue weighted by Crippen LogP contribution is 2.40. The molecule has 0 bridgehead atoms. The van der Waals surface area contributed by atoms with Gasteiger partial charge in [-0.3, -0.25) is 0 Å². The number of rotatable bonds is 7. The van der Waals surface area contributed by atoms with Crippen LogP contribution in [0.4, 0.5) is 0 Å². The zero-order chi connectivity index (χ0) is 19.8. The lowest BCUT2D eigenvalue weighted by Gasteiger charge is -2.39. The number of hydrogen-bond donors (Lipinski definition) is 2. The molecule has 0 unspecified atom stereocenters. The standard InChI is InChI=1S/C21H28ClN3O3/c1-3-23-20(24-14-17-5-4-10-28-17)25-15-21(8-11-27-12-9-21)18-13-16(22)6-7-19(18)26-2/h4-7,10,13H,3,8-9,11-12,14-15H2,1-2H3,(H2,23,24,25). The number of nitrogens with one attached hydrogen (secondary N) is 2. The number of halogens is 1. The van der Waals surface area contributed by atoms with Crippen LogP contribution in [0, 0.1) is 0 Å². The van der Waals surface area contributed by atoms with E-state index in [2.05, 4.69) is 15.6 Å². The summed E-state index contributed by atoms with van der Waals surface area (Å²) in [4.78, 5) is 4.64. The van der Waals surface area contributed by atoms with Crippen LogP contribution in [0.2, 0.25) is 5.02 Å². The summed E-state index contributed by atoms with van der Waals surface area (Å²) in [6, 6.07) is 9.60. The Bertz CT molecular complexity index is 771. The predicted octanol–water partition coefficient (Wildman–Crippen LogP) is 3.75. The number of hydrogen-bond acceptors (Lipinski definition) is 4. The van der Waals surface area contributed by atoms with Crippen LogP contribution in [0.25, 0.3) is 0 Å². The van der Waals surface area contributed by atoms with Gasteiger partial charge in [-0.05, 0) is 50.1 Å². The molecule has 2 aromatic rings. The smallest absolute Gasteiger partial charge is 0.191 e. The molecule has 0 aliphatic carbocycles. The van der Waals surface area contributed by atoms with E-state index in [0.29, 0.717) is 31.3 Å². The van der Waals surface area contributed by atoms with Crippen LogP contribution < -0.4 is 15.4 Å². The quantitative estimate of drug-likeness (QED) is 0.542. The second-order valence-electron chi connectivity index (χ2n) is 6.87. The first-order valence-electron chi connectivity index (χ1n) is 9.63. The monoisotopic (exact) mass is 405 g/mol. The summed E-state index contributed by atoms with van der Waals surface area (Å²) in [7, 11) is 1.70. The molecule has 0 saturated carbocycles. The minimum absolute atomic E-state index is 0.143. The molecule has 6 nitrogen and oxygen atoms in total. The fourth-order valence-electron chi connectivity index (χ4n) is 3.55. The summed E-state index contributed by atoms with van der Waals surface area (Å²) in [6.07, 6.45) is 3.43. The number of nitrogens with zero attached hydrogens (tertiary/aromatic N) is 1. The van der Waals surface area contributed by atoms with Gasteiger partial charge >= 0.3 is 0 Å². The number of furan rings is 1. The van der Waals surface area contributed by atoms with Crippen molar-refractivity contribution in [2.45, 2.75) is 31.7 Å². The number of benzene rings is 1. The third kappa shape index (κ3) is 5.00. The molecule has 0 amide bonds. The summed E-state index contributed by atoms with van der Waals surface area (Å²) in [6.45, 7) is 5.43. The topological polar surface area (TPSA) is 68.0 Å². The van der Waals surface area contributed by atoms with Gasteiger partial charge in [-0.15, -0.1) is 0 Å². The van der Waals surface area contributed by atoms with E-state index in [9.17, 15) is 0 Å². The number of ether oxygens (including phenoxy) is 2. The molecule has 0 atom stereocenters. The van der Waals surface area contributed by atoms with Crippen LogP contribution in [0.5, 0.6) is 5.75 Å². The van der Waals surface area contributed by atoms with Gasteiger partial charge in [-0.2, -0.15) is 0 Å². The summed E-state index contributed by atoms with van der Waals surface area (Å²) < 4.78 is 16.7. The minimum atomic E-state index is -0.143. The van der Waals surface area contributed by atoms with Gasteiger partial charge < -0.3 is 24.5 Å². The average molecular weight is 406 g/mol. The first-order valence-corrected chi connectivity index (χ1v) is 10.0. The third-order valence-electron chi connectivity index (χ3n) is 5.09. The Kier molecular flexibility index (Phi) is 7.23. The van der Waals surface area contributed by atoms with Crippen molar-refractivity contribution >= 4 is 17.6 Å². The van der Waals surface area contributed by atoms with Crippen molar-refractivity contribution in [2.24, 2.45) is 4.99 Å². The van der Waals surface area contributed by atoms with Gasteiger partial charge in [0.25, 0.3) is 0 Å². The van der Waals surface area contributed by atoms with Crippen LogP contribution >= 0.6 is 11.6 Å². The van der Waals surface area contributed by atoms with E-state index in [1.807, 2.05) is 37.3 Å². The SMILES string of the molecule is CCNC(=NCc1ccco1)NCC1(c2cc(Cl)ccc2OC)CCOCC1.